The van der Waals surface area contributed by atoms with Gasteiger partial charge in [0.2, 0.25) is 10.0 Å². The number of hydrogen-bond acceptors (Lipinski definition) is 5. The fraction of sp³-hybridized carbons (Fsp3) is 0.500. The highest BCUT2D eigenvalue weighted by molar-refractivity contribution is 7.89. The summed E-state index contributed by atoms with van der Waals surface area (Å²) in [6, 6.07) is 14.1. The van der Waals surface area contributed by atoms with Gasteiger partial charge < -0.3 is 10.6 Å². The van der Waals surface area contributed by atoms with E-state index >= 15 is 0 Å². The zero-order valence-corrected chi connectivity index (χ0v) is 21.5. The summed E-state index contributed by atoms with van der Waals surface area (Å²) in [6.07, 6.45) is 5.82. The lowest BCUT2D eigenvalue weighted by Crippen LogP contribution is -2.64. The van der Waals surface area contributed by atoms with E-state index in [2.05, 4.69) is 41.8 Å². The van der Waals surface area contributed by atoms with Gasteiger partial charge in [0.25, 0.3) is 0 Å². The lowest BCUT2D eigenvalue weighted by molar-refractivity contribution is 0.241. The number of rotatable bonds is 4. The summed E-state index contributed by atoms with van der Waals surface area (Å²) < 4.78 is 28.5. The van der Waals surface area contributed by atoms with Gasteiger partial charge in [-0.1, -0.05) is 30.3 Å². The molecule has 6 nitrogen and oxygen atoms in total. The van der Waals surface area contributed by atoms with Crippen LogP contribution in [0.1, 0.15) is 47.9 Å². The van der Waals surface area contributed by atoms with E-state index in [1.54, 1.807) is 10.4 Å². The Morgan fingerprint density at radius 3 is 2.56 bits per heavy atom. The van der Waals surface area contributed by atoms with Crippen LogP contribution in [-0.2, 0) is 29.4 Å². The van der Waals surface area contributed by atoms with E-state index in [-0.39, 0.29) is 17.9 Å². The summed E-state index contributed by atoms with van der Waals surface area (Å²) in [5.74, 6) is 0.975. The van der Waals surface area contributed by atoms with Gasteiger partial charge in [0.15, 0.2) is 0 Å². The fourth-order valence-corrected chi connectivity index (χ4v) is 6.94. The molecule has 1 spiro atoms. The smallest absolute Gasteiger partial charge is 0.243 e. The van der Waals surface area contributed by atoms with Crippen molar-refractivity contribution in [1.82, 2.24) is 14.9 Å². The Kier molecular flexibility index (Phi) is 7.67. The Morgan fingerprint density at radius 2 is 1.79 bits per heavy atom. The number of amidine groups is 1. The van der Waals surface area contributed by atoms with E-state index in [0.29, 0.717) is 18.0 Å². The van der Waals surface area contributed by atoms with Crippen molar-refractivity contribution >= 4 is 28.3 Å². The van der Waals surface area contributed by atoms with Gasteiger partial charge in [-0.3, -0.25) is 4.99 Å². The van der Waals surface area contributed by atoms with Gasteiger partial charge in [-0.05, 0) is 79.8 Å². The van der Waals surface area contributed by atoms with Crippen molar-refractivity contribution in [1.29, 1.82) is 0 Å². The summed E-state index contributed by atoms with van der Waals surface area (Å²) >= 11 is 0. The summed E-state index contributed by atoms with van der Waals surface area (Å²) in [4.78, 5) is 5.27. The second-order valence-electron chi connectivity index (χ2n) is 9.56. The Bertz CT molecular complexity index is 1160. The van der Waals surface area contributed by atoms with E-state index in [1.807, 2.05) is 12.1 Å². The number of nitrogens with one attached hydrogen (secondary N) is 2. The predicted molar refractivity (Wildman–Crippen MR) is 139 cm³/mol. The minimum absolute atomic E-state index is 0. The van der Waals surface area contributed by atoms with Crippen LogP contribution in [0.15, 0.2) is 52.4 Å². The standard InChI is InChI=1S/C26H34N4O2S.ClH/c1-20-6-2-3-9-23(20)19-28-25-26(29-15-14-27-25)12-16-30(17-13-26)33(31,32)24-11-10-21-7-4-5-8-22(21)18-24;/h2-3,6,9-11,18,29H,4-5,7-8,12-17,19H2,1H3,(H,27,28);1H. The zero-order valence-electron chi connectivity index (χ0n) is 19.8. The molecule has 2 aromatic carbocycles. The summed E-state index contributed by atoms with van der Waals surface area (Å²) in [5.41, 5.74) is 4.76. The maximum absolute atomic E-state index is 13.4. The van der Waals surface area contributed by atoms with Crippen molar-refractivity contribution in [3.63, 3.8) is 0 Å². The van der Waals surface area contributed by atoms with E-state index < -0.39 is 10.0 Å². The first-order valence-corrected chi connectivity index (χ1v) is 13.6. The molecule has 34 heavy (non-hydrogen) atoms. The highest BCUT2D eigenvalue weighted by Gasteiger charge is 2.43. The highest BCUT2D eigenvalue weighted by Crippen LogP contribution is 2.31. The summed E-state index contributed by atoms with van der Waals surface area (Å²) in [5, 5.41) is 7.25. The van der Waals surface area contributed by atoms with Gasteiger partial charge in [0, 0.05) is 26.2 Å². The number of fused-ring (bicyclic) bond motifs is 1. The zero-order chi connectivity index (χ0) is 22.9. The number of hydrogen-bond donors (Lipinski definition) is 2. The molecule has 2 N–H and O–H groups in total. The minimum Gasteiger partial charge on any atom is -0.368 e. The van der Waals surface area contributed by atoms with Crippen molar-refractivity contribution in [3.05, 3.63) is 64.7 Å². The lowest BCUT2D eigenvalue weighted by Gasteiger charge is -2.44. The van der Waals surface area contributed by atoms with Crippen LogP contribution in [0.4, 0.5) is 0 Å². The first-order chi connectivity index (χ1) is 16.0. The Labute approximate surface area is 209 Å². The second-order valence-corrected chi connectivity index (χ2v) is 11.5. The number of nitrogens with zero attached hydrogens (tertiary/aromatic N) is 2. The van der Waals surface area contributed by atoms with Gasteiger partial charge in [-0.2, -0.15) is 4.31 Å². The lowest BCUT2D eigenvalue weighted by atomic mass is 9.85. The first kappa shape index (κ1) is 25.2. The normalized spacial score (nSPS) is 20.2. The molecule has 0 saturated carbocycles. The predicted octanol–water partition coefficient (Wildman–Crippen LogP) is 3.61. The molecule has 8 heteroatoms. The summed E-state index contributed by atoms with van der Waals surface area (Å²) in [6.45, 7) is 5.42. The monoisotopic (exact) mass is 502 g/mol. The van der Waals surface area contributed by atoms with Crippen LogP contribution in [0.2, 0.25) is 0 Å². The highest BCUT2D eigenvalue weighted by atomic mass is 35.5. The van der Waals surface area contributed by atoms with Crippen LogP contribution in [0.3, 0.4) is 0 Å². The van der Waals surface area contributed by atoms with Crippen LogP contribution >= 0.6 is 12.4 Å². The maximum Gasteiger partial charge on any atom is 0.243 e. The van der Waals surface area contributed by atoms with E-state index in [4.69, 9.17) is 4.99 Å². The molecule has 1 saturated heterocycles. The molecule has 0 amide bonds. The molecule has 0 aromatic heterocycles. The van der Waals surface area contributed by atoms with Crippen molar-refractivity contribution < 1.29 is 8.42 Å². The molecule has 0 bridgehead atoms. The van der Waals surface area contributed by atoms with Crippen LogP contribution in [0.5, 0.6) is 0 Å². The Balaban J connectivity index is 0.00000274. The van der Waals surface area contributed by atoms with E-state index in [0.717, 1.165) is 57.6 Å². The number of aryl methyl sites for hydroxylation is 3. The average molecular weight is 503 g/mol. The van der Waals surface area contributed by atoms with Gasteiger partial charge >= 0.3 is 0 Å². The SMILES string of the molecule is Cc1ccccc1CNC1=NCCNC12CCN(S(=O)(=O)c1ccc3c(c1)CCCC3)CC2.Cl. The number of sulfonamides is 1. The molecule has 2 heterocycles. The molecule has 3 aliphatic rings. The van der Waals surface area contributed by atoms with Crippen molar-refractivity contribution in [2.75, 3.05) is 26.2 Å². The molecular formula is C26H35ClN4O2S. The molecule has 1 fully saturated rings. The molecule has 0 unspecified atom stereocenters. The molecule has 2 aromatic rings. The molecule has 0 radical (unpaired) electrons. The number of halogens is 1. The van der Waals surface area contributed by atoms with E-state index in [1.165, 1.54) is 28.7 Å². The van der Waals surface area contributed by atoms with Crippen molar-refractivity contribution in [3.8, 4) is 0 Å². The number of piperidine rings is 1. The van der Waals surface area contributed by atoms with Crippen LogP contribution < -0.4 is 10.6 Å². The average Bonchev–Trinajstić information content (AvgIpc) is 2.84. The fourth-order valence-electron chi connectivity index (χ4n) is 5.45. The van der Waals surface area contributed by atoms with Crippen molar-refractivity contribution in [2.24, 2.45) is 4.99 Å². The summed E-state index contributed by atoms with van der Waals surface area (Å²) in [7, 11) is -3.48. The molecule has 184 valence electrons. The molecular weight excluding hydrogens is 468 g/mol. The van der Waals surface area contributed by atoms with Crippen LogP contribution in [-0.4, -0.2) is 50.3 Å². The molecule has 2 aliphatic heterocycles. The first-order valence-electron chi connectivity index (χ1n) is 12.2. The number of aliphatic imine (C=N–C) groups is 1. The largest absolute Gasteiger partial charge is 0.368 e. The van der Waals surface area contributed by atoms with Gasteiger partial charge in [0.1, 0.15) is 5.84 Å². The van der Waals surface area contributed by atoms with Crippen molar-refractivity contribution in [2.45, 2.75) is 62.4 Å². The van der Waals surface area contributed by atoms with Gasteiger partial charge in [0.05, 0.1) is 17.0 Å². The Morgan fingerprint density at radius 1 is 1.06 bits per heavy atom. The van der Waals surface area contributed by atoms with Crippen LogP contribution in [0, 0.1) is 6.92 Å². The molecule has 0 atom stereocenters. The van der Waals surface area contributed by atoms with E-state index in [9.17, 15) is 8.42 Å². The quantitative estimate of drug-likeness (QED) is 0.669. The minimum atomic E-state index is -3.48. The maximum atomic E-state index is 13.4. The third-order valence-electron chi connectivity index (χ3n) is 7.54. The molecule has 1 aliphatic carbocycles. The van der Waals surface area contributed by atoms with Gasteiger partial charge in [-0.15, -0.1) is 12.4 Å². The topological polar surface area (TPSA) is 73.8 Å². The molecule has 5 rings (SSSR count). The van der Waals surface area contributed by atoms with Gasteiger partial charge in [-0.25, -0.2) is 8.42 Å². The third-order valence-corrected chi connectivity index (χ3v) is 9.43. The number of benzene rings is 2. The third kappa shape index (κ3) is 4.89. The van der Waals surface area contributed by atoms with Crippen LogP contribution in [0.25, 0.3) is 0 Å². The Hall–Kier alpha value is -1.93. The second kappa shape index (κ2) is 10.4.